The van der Waals surface area contributed by atoms with Gasteiger partial charge in [-0.05, 0) is 30.7 Å². The Labute approximate surface area is 151 Å². The zero-order valence-corrected chi connectivity index (χ0v) is 14.7. The number of amides is 1. The summed E-state index contributed by atoms with van der Waals surface area (Å²) in [4.78, 5) is 23.0. The lowest BCUT2D eigenvalue weighted by molar-refractivity contribution is -0.384. The number of carbonyl (C=O) groups excluding carboxylic acids is 1. The topological polar surface area (TPSA) is 120 Å². The Morgan fingerprint density at radius 1 is 1.35 bits per heavy atom. The molecular weight excluding hydrogens is 360 g/mol. The summed E-state index contributed by atoms with van der Waals surface area (Å²) in [5, 5.41) is 22.8. The molecule has 26 heavy (non-hydrogen) atoms. The minimum Gasteiger partial charge on any atom is -0.497 e. The molecule has 1 N–H and O–H groups in total. The molecule has 134 valence electrons. The minimum absolute atomic E-state index is 0.0124. The number of nitro groups is 1. The first-order valence-electron chi connectivity index (χ1n) is 7.58. The third-order valence-electron chi connectivity index (χ3n) is 3.49. The van der Waals surface area contributed by atoms with Crippen LogP contribution in [0.3, 0.4) is 0 Å². The standard InChI is InChI=1S/C16H14N4O5S/c1-3-14-18-19-16(26-14)17-15(21)13-7-6-12(25-13)10-5-4-9(24-2)8-11(10)20(22)23/h4-8H,3H2,1-2H3,(H,17,19,21). The van der Waals surface area contributed by atoms with Gasteiger partial charge < -0.3 is 9.15 Å². The van der Waals surface area contributed by atoms with Gasteiger partial charge in [-0.2, -0.15) is 0 Å². The summed E-state index contributed by atoms with van der Waals surface area (Å²) in [6, 6.07) is 7.33. The van der Waals surface area contributed by atoms with Gasteiger partial charge in [0.05, 0.1) is 23.7 Å². The van der Waals surface area contributed by atoms with Crippen LogP contribution in [0.4, 0.5) is 10.8 Å². The van der Waals surface area contributed by atoms with Crippen LogP contribution >= 0.6 is 11.3 Å². The molecule has 0 saturated heterocycles. The normalized spacial score (nSPS) is 10.5. The second-order valence-corrected chi connectivity index (χ2v) is 6.17. The number of carbonyl (C=O) groups is 1. The van der Waals surface area contributed by atoms with Crippen LogP contribution in [0.1, 0.15) is 22.5 Å². The number of methoxy groups -OCH3 is 1. The van der Waals surface area contributed by atoms with E-state index >= 15 is 0 Å². The Morgan fingerprint density at radius 2 is 2.15 bits per heavy atom. The molecule has 2 aromatic heterocycles. The van der Waals surface area contributed by atoms with Gasteiger partial charge in [-0.3, -0.25) is 20.2 Å². The van der Waals surface area contributed by atoms with Crippen molar-refractivity contribution in [2.75, 3.05) is 12.4 Å². The molecule has 10 heteroatoms. The Kier molecular flexibility index (Phi) is 4.94. The van der Waals surface area contributed by atoms with Crippen LogP contribution in [-0.2, 0) is 6.42 Å². The van der Waals surface area contributed by atoms with Gasteiger partial charge in [0.15, 0.2) is 5.76 Å². The number of nitrogens with zero attached hydrogens (tertiary/aromatic N) is 3. The molecule has 0 radical (unpaired) electrons. The van der Waals surface area contributed by atoms with E-state index in [1.807, 2.05) is 6.92 Å². The van der Waals surface area contributed by atoms with Crippen molar-refractivity contribution < 1.29 is 18.9 Å². The third-order valence-corrected chi connectivity index (χ3v) is 4.47. The fraction of sp³-hybridized carbons (Fsp3) is 0.188. The van der Waals surface area contributed by atoms with Gasteiger partial charge in [0, 0.05) is 0 Å². The summed E-state index contributed by atoms with van der Waals surface area (Å²) in [6.07, 6.45) is 0.722. The van der Waals surface area contributed by atoms with Gasteiger partial charge in [-0.1, -0.05) is 18.3 Å². The third kappa shape index (κ3) is 3.54. The number of nitrogens with one attached hydrogen (secondary N) is 1. The number of hydrogen-bond donors (Lipinski definition) is 1. The molecule has 0 unspecified atom stereocenters. The van der Waals surface area contributed by atoms with Crippen LogP contribution in [-0.4, -0.2) is 28.1 Å². The average Bonchev–Trinajstić information content (AvgIpc) is 3.30. The van der Waals surface area contributed by atoms with Crippen molar-refractivity contribution >= 4 is 28.1 Å². The van der Waals surface area contributed by atoms with Crippen LogP contribution in [0.5, 0.6) is 5.75 Å². The molecule has 2 heterocycles. The van der Waals surface area contributed by atoms with Crippen LogP contribution in [0.15, 0.2) is 34.7 Å². The fourth-order valence-electron chi connectivity index (χ4n) is 2.21. The van der Waals surface area contributed by atoms with E-state index in [2.05, 4.69) is 15.5 Å². The van der Waals surface area contributed by atoms with Gasteiger partial charge in [0.25, 0.3) is 11.6 Å². The minimum atomic E-state index is -0.534. The number of aryl methyl sites for hydroxylation is 1. The molecule has 0 aliphatic carbocycles. The summed E-state index contributed by atoms with van der Waals surface area (Å²) < 4.78 is 10.5. The highest BCUT2D eigenvalue weighted by atomic mass is 32.1. The SMILES string of the molecule is CCc1nnc(NC(=O)c2ccc(-c3ccc(OC)cc3[N+](=O)[O-])o2)s1. The molecule has 0 fully saturated rings. The van der Waals surface area contributed by atoms with E-state index < -0.39 is 10.8 Å². The maximum atomic E-state index is 12.3. The van der Waals surface area contributed by atoms with Crippen LogP contribution in [0, 0.1) is 10.1 Å². The number of nitro benzene ring substituents is 1. The highest BCUT2D eigenvalue weighted by Crippen LogP contribution is 2.34. The van der Waals surface area contributed by atoms with E-state index in [4.69, 9.17) is 9.15 Å². The second kappa shape index (κ2) is 7.31. The van der Waals surface area contributed by atoms with E-state index in [9.17, 15) is 14.9 Å². The van der Waals surface area contributed by atoms with Gasteiger partial charge in [-0.25, -0.2) is 0 Å². The zero-order chi connectivity index (χ0) is 18.7. The number of benzene rings is 1. The Balaban J connectivity index is 1.85. The Morgan fingerprint density at radius 3 is 2.81 bits per heavy atom. The maximum Gasteiger partial charge on any atom is 0.293 e. The number of hydrogen-bond acceptors (Lipinski definition) is 8. The fourth-order valence-corrected chi connectivity index (χ4v) is 2.88. The molecule has 0 saturated carbocycles. The van der Waals surface area contributed by atoms with Crippen molar-refractivity contribution in [2.24, 2.45) is 0 Å². The number of furan rings is 1. The molecule has 9 nitrogen and oxygen atoms in total. The van der Waals surface area contributed by atoms with Crippen molar-refractivity contribution in [3.05, 3.63) is 51.2 Å². The van der Waals surface area contributed by atoms with E-state index in [-0.39, 0.29) is 22.8 Å². The molecule has 0 aliphatic rings. The number of anilines is 1. The van der Waals surface area contributed by atoms with Gasteiger partial charge in [0.1, 0.15) is 16.5 Å². The Hall–Kier alpha value is -3.27. The average molecular weight is 374 g/mol. The number of rotatable bonds is 6. The lowest BCUT2D eigenvalue weighted by Gasteiger charge is -2.03. The van der Waals surface area contributed by atoms with Crippen molar-refractivity contribution in [3.63, 3.8) is 0 Å². The van der Waals surface area contributed by atoms with E-state index in [0.29, 0.717) is 10.9 Å². The molecule has 0 spiro atoms. The predicted octanol–water partition coefficient (Wildman–Crippen LogP) is 3.53. The Bertz CT molecular complexity index is 965. The molecule has 0 bridgehead atoms. The lowest BCUT2D eigenvalue weighted by atomic mass is 10.1. The lowest BCUT2D eigenvalue weighted by Crippen LogP contribution is -2.10. The first-order chi connectivity index (χ1) is 12.5. The monoisotopic (exact) mass is 374 g/mol. The predicted molar refractivity (Wildman–Crippen MR) is 94.6 cm³/mol. The molecular formula is C16H14N4O5S. The molecule has 1 aromatic carbocycles. The molecule has 1 amide bonds. The molecule has 3 aromatic rings. The summed E-state index contributed by atoms with van der Waals surface area (Å²) >= 11 is 1.27. The summed E-state index contributed by atoms with van der Waals surface area (Å²) in [5.41, 5.74) is 0.0707. The smallest absolute Gasteiger partial charge is 0.293 e. The van der Waals surface area contributed by atoms with Crippen molar-refractivity contribution in [1.29, 1.82) is 0 Å². The molecule has 3 rings (SSSR count). The van der Waals surface area contributed by atoms with Gasteiger partial charge in [-0.15, -0.1) is 10.2 Å². The zero-order valence-electron chi connectivity index (χ0n) is 13.9. The first kappa shape index (κ1) is 17.5. The van der Waals surface area contributed by atoms with Gasteiger partial charge >= 0.3 is 0 Å². The van der Waals surface area contributed by atoms with Crippen LogP contribution < -0.4 is 10.1 Å². The van der Waals surface area contributed by atoms with Crippen LogP contribution in [0.25, 0.3) is 11.3 Å². The number of ether oxygens (including phenoxy) is 1. The highest BCUT2D eigenvalue weighted by Gasteiger charge is 2.21. The first-order valence-corrected chi connectivity index (χ1v) is 8.39. The van der Waals surface area contributed by atoms with Crippen molar-refractivity contribution in [2.45, 2.75) is 13.3 Å². The molecule has 0 aliphatic heterocycles. The summed E-state index contributed by atoms with van der Waals surface area (Å²) in [6.45, 7) is 1.94. The second-order valence-electron chi connectivity index (χ2n) is 5.11. The van der Waals surface area contributed by atoms with Crippen molar-refractivity contribution in [1.82, 2.24) is 10.2 Å². The summed E-state index contributed by atoms with van der Waals surface area (Å²) in [5.74, 6) is 0.0635. The summed E-state index contributed by atoms with van der Waals surface area (Å²) in [7, 11) is 1.42. The maximum absolute atomic E-state index is 12.3. The van der Waals surface area contributed by atoms with E-state index in [1.165, 1.54) is 42.7 Å². The van der Waals surface area contributed by atoms with Crippen molar-refractivity contribution in [3.8, 4) is 17.1 Å². The molecule has 0 atom stereocenters. The highest BCUT2D eigenvalue weighted by molar-refractivity contribution is 7.15. The van der Waals surface area contributed by atoms with E-state index in [0.717, 1.165) is 11.4 Å². The van der Waals surface area contributed by atoms with Gasteiger partial charge in [0.2, 0.25) is 5.13 Å². The van der Waals surface area contributed by atoms with E-state index in [1.54, 1.807) is 6.07 Å². The number of aromatic nitrogens is 2. The quantitative estimate of drug-likeness (QED) is 0.517. The largest absolute Gasteiger partial charge is 0.497 e. The van der Waals surface area contributed by atoms with Crippen LogP contribution in [0.2, 0.25) is 0 Å².